The van der Waals surface area contributed by atoms with Crippen LogP contribution in [0.2, 0.25) is 5.15 Å². The molecular formula is C12H13ClN2OS. The van der Waals surface area contributed by atoms with Gasteiger partial charge in [0.1, 0.15) is 15.6 Å². The minimum Gasteiger partial charge on any atom is -0.370 e. The summed E-state index contributed by atoms with van der Waals surface area (Å²) in [6.45, 7) is 0. The number of methoxy groups -OCH3 is 1. The predicted octanol–water partition coefficient (Wildman–Crippen LogP) is 3.76. The lowest BCUT2D eigenvalue weighted by molar-refractivity contribution is -0.0159. The maximum Gasteiger partial charge on any atom is 0.163 e. The van der Waals surface area contributed by atoms with Crippen LogP contribution in [-0.4, -0.2) is 17.1 Å². The molecule has 0 aliphatic heterocycles. The van der Waals surface area contributed by atoms with Crippen molar-refractivity contribution in [3.05, 3.63) is 22.4 Å². The Balaban J connectivity index is 2.16. The number of rotatable bonds is 2. The van der Waals surface area contributed by atoms with E-state index in [1.807, 2.05) is 11.4 Å². The highest BCUT2D eigenvalue weighted by atomic mass is 35.5. The number of ether oxygens (including phenoxy) is 1. The monoisotopic (exact) mass is 268 g/mol. The number of fused-ring (bicyclic) bond motifs is 1. The van der Waals surface area contributed by atoms with Crippen LogP contribution in [0.15, 0.2) is 11.4 Å². The summed E-state index contributed by atoms with van der Waals surface area (Å²) in [5, 5.41) is 3.46. The van der Waals surface area contributed by atoms with Crippen molar-refractivity contribution < 1.29 is 4.74 Å². The molecule has 0 spiro atoms. The molecule has 3 nitrogen and oxygen atoms in total. The molecule has 5 heteroatoms. The summed E-state index contributed by atoms with van der Waals surface area (Å²) in [5.41, 5.74) is -0.318. The SMILES string of the molecule is COC1(c2nc(Cl)c3ccsc3n2)CCCC1. The highest BCUT2D eigenvalue weighted by Crippen LogP contribution is 2.41. The first-order chi connectivity index (χ1) is 8.25. The molecular weight excluding hydrogens is 256 g/mol. The van der Waals surface area contributed by atoms with E-state index in [9.17, 15) is 0 Å². The fourth-order valence-corrected chi connectivity index (χ4v) is 3.54. The van der Waals surface area contributed by atoms with Crippen molar-refractivity contribution in [2.24, 2.45) is 0 Å². The van der Waals surface area contributed by atoms with E-state index in [4.69, 9.17) is 16.3 Å². The van der Waals surface area contributed by atoms with Crippen LogP contribution in [0.4, 0.5) is 0 Å². The van der Waals surface area contributed by atoms with Crippen LogP contribution >= 0.6 is 22.9 Å². The molecule has 2 heterocycles. The Kier molecular flexibility index (Phi) is 2.81. The molecule has 0 bridgehead atoms. The van der Waals surface area contributed by atoms with Gasteiger partial charge in [0, 0.05) is 12.5 Å². The molecule has 0 aromatic carbocycles. The first kappa shape index (κ1) is 11.4. The number of aromatic nitrogens is 2. The summed E-state index contributed by atoms with van der Waals surface area (Å²) in [6, 6.07) is 1.96. The van der Waals surface area contributed by atoms with Gasteiger partial charge in [0.05, 0.1) is 0 Å². The van der Waals surface area contributed by atoms with Crippen LogP contribution in [0, 0.1) is 0 Å². The second kappa shape index (κ2) is 4.19. The Hall–Kier alpha value is -0.710. The Morgan fingerprint density at radius 2 is 2.12 bits per heavy atom. The Morgan fingerprint density at radius 3 is 2.82 bits per heavy atom. The Bertz CT molecular complexity index is 548. The van der Waals surface area contributed by atoms with Gasteiger partial charge in [-0.3, -0.25) is 0 Å². The van der Waals surface area contributed by atoms with Crippen LogP contribution in [-0.2, 0) is 10.3 Å². The average molecular weight is 269 g/mol. The van der Waals surface area contributed by atoms with Gasteiger partial charge in [0.15, 0.2) is 5.82 Å². The van der Waals surface area contributed by atoms with E-state index in [1.54, 1.807) is 18.4 Å². The summed E-state index contributed by atoms with van der Waals surface area (Å²) in [4.78, 5) is 10.0. The highest BCUT2D eigenvalue weighted by molar-refractivity contribution is 7.16. The van der Waals surface area contributed by atoms with Gasteiger partial charge in [-0.25, -0.2) is 9.97 Å². The minimum absolute atomic E-state index is 0.318. The van der Waals surface area contributed by atoms with Gasteiger partial charge in [0.2, 0.25) is 0 Å². The topological polar surface area (TPSA) is 35.0 Å². The molecule has 2 aromatic heterocycles. The molecule has 0 atom stereocenters. The van der Waals surface area contributed by atoms with Crippen LogP contribution in [0.3, 0.4) is 0 Å². The lowest BCUT2D eigenvalue weighted by atomic mass is 10.0. The van der Waals surface area contributed by atoms with E-state index in [0.29, 0.717) is 5.15 Å². The Morgan fingerprint density at radius 1 is 1.35 bits per heavy atom. The zero-order valence-electron chi connectivity index (χ0n) is 9.57. The van der Waals surface area contributed by atoms with Crippen molar-refractivity contribution >= 4 is 33.2 Å². The third kappa shape index (κ3) is 1.75. The Labute approximate surface area is 109 Å². The van der Waals surface area contributed by atoms with Crippen LogP contribution in [0.25, 0.3) is 10.2 Å². The average Bonchev–Trinajstić information content (AvgIpc) is 2.98. The van der Waals surface area contributed by atoms with E-state index in [0.717, 1.165) is 41.7 Å². The minimum atomic E-state index is -0.318. The van der Waals surface area contributed by atoms with Crippen LogP contribution in [0.1, 0.15) is 31.5 Å². The second-order valence-electron chi connectivity index (χ2n) is 4.38. The lowest BCUT2D eigenvalue weighted by Gasteiger charge is -2.25. The number of halogens is 1. The third-order valence-electron chi connectivity index (χ3n) is 3.49. The molecule has 1 saturated carbocycles. The normalized spacial score (nSPS) is 18.9. The number of hydrogen-bond acceptors (Lipinski definition) is 4. The maximum atomic E-state index is 6.20. The zero-order valence-corrected chi connectivity index (χ0v) is 11.1. The van der Waals surface area contributed by atoms with Crippen molar-refractivity contribution in [3.63, 3.8) is 0 Å². The molecule has 0 unspecified atom stereocenters. The van der Waals surface area contributed by atoms with Crippen molar-refractivity contribution in [2.45, 2.75) is 31.3 Å². The van der Waals surface area contributed by atoms with Gasteiger partial charge in [-0.15, -0.1) is 11.3 Å². The summed E-state index contributed by atoms with van der Waals surface area (Å²) in [7, 11) is 1.74. The fourth-order valence-electron chi connectivity index (χ4n) is 2.49. The standard InChI is InChI=1S/C12H13ClN2OS/c1-16-12(5-2-3-6-12)11-14-9(13)8-4-7-17-10(8)15-11/h4,7H,2-3,5-6H2,1H3. The molecule has 2 aromatic rings. The molecule has 1 aliphatic carbocycles. The van der Waals surface area contributed by atoms with Crippen molar-refractivity contribution in [2.75, 3.05) is 7.11 Å². The molecule has 90 valence electrons. The fraction of sp³-hybridized carbons (Fsp3) is 0.500. The van der Waals surface area contributed by atoms with Gasteiger partial charge < -0.3 is 4.74 Å². The smallest absolute Gasteiger partial charge is 0.163 e. The summed E-state index contributed by atoms with van der Waals surface area (Å²) in [6.07, 6.45) is 4.29. The molecule has 3 rings (SSSR count). The van der Waals surface area contributed by atoms with Gasteiger partial charge in [-0.1, -0.05) is 11.6 Å². The molecule has 0 saturated heterocycles. The maximum absolute atomic E-state index is 6.20. The first-order valence-corrected chi connectivity index (χ1v) is 6.97. The summed E-state index contributed by atoms with van der Waals surface area (Å²) >= 11 is 7.79. The lowest BCUT2D eigenvalue weighted by Crippen LogP contribution is -2.27. The molecule has 17 heavy (non-hydrogen) atoms. The zero-order chi connectivity index (χ0) is 11.9. The highest BCUT2D eigenvalue weighted by Gasteiger charge is 2.39. The third-order valence-corrected chi connectivity index (χ3v) is 4.58. The van der Waals surface area contributed by atoms with Crippen molar-refractivity contribution in [1.82, 2.24) is 9.97 Å². The van der Waals surface area contributed by atoms with E-state index >= 15 is 0 Å². The van der Waals surface area contributed by atoms with Crippen molar-refractivity contribution in [1.29, 1.82) is 0 Å². The molecule has 0 amide bonds. The number of hydrogen-bond donors (Lipinski definition) is 0. The van der Waals surface area contributed by atoms with Crippen LogP contribution in [0.5, 0.6) is 0 Å². The van der Waals surface area contributed by atoms with Gasteiger partial charge in [-0.05, 0) is 37.1 Å². The number of nitrogens with zero attached hydrogens (tertiary/aromatic N) is 2. The van der Waals surface area contributed by atoms with E-state index in [1.165, 1.54) is 0 Å². The molecule has 1 fully saturated rings. The number of thiophene rings is 1. The van der Waals surface area contributed by atoms with E-state index in [-0.39, 0.29) is 5.60 Å². The van der Waals surface area contributed by atoms with Crippen LogP contribution < -0.4 is 0 Å². The molecule has 1 aliphatic rings. The first-order valence-electron chi connectivity index (χ1n) is 5.71. The van der Waals surface area contributed by atoms with Gasteiger partial charge in [0.25, 0.3) is 0 Å². The van der Waals surface area contributed by atoms with E-state index in [2.05, 4.69) is 9.97 Å². The van der Waals surface area contributed by atoms with Gasteiger partial charge >= 0.3 is 0 Å². The summed E-state index contributed by atoms with van der Waals surface area (Å²) < 4.78 is 5.69. The van der Waals surface area contributed by atoms with Gasteiger partial charge in [-0.2, -0.15) is 0 Å². The quantitative estimate of drug-likeness (QED) is 0.778. The molecule has 0 radical (unpaired) electrons. The molecule has 0 N–H and O–H groups in total. The van der Waals surface area contributed by atoms with E-state index < -0.39 is 0 Å². The van der Waals surface area contributed by atoms with Crippen molar-refractivity contribution in [3.8, 4) is 0 Å². The largest absolute Gasteiger partial charge is 0.370 e. The predicted molar refractivity (Wildman–Crippen MR) is 69.6 cm³/mol. The second-order valence-corrected chi connectivity index (χ2v) is 5.64. The summed E-state index contributed by atoms with van der Waals surface area (Å²) in [5.74, 6) is 0.748.